The van der Waals surface area contributed by atoms with E-state index in [1.807, 2.05) is 6.92 Å². The lowest BCUT2D eigenvalue weighted by Gasteiger charge is -2.46. The van der Waals surface area contributed by atoms with Gasteiger partial charge >= 0.3 is 0 Å². The quantitative estimate of drug-likeness (QED) is 0.758. The van der Waals surface area contributed by atoms with Crippen LogP contribution in [0.4, 0.5) is 0 Å². The molecule has 0 aromatic carbocycles. The predicted molar refractivity (Wildman–Crippen MR) is 74.4 cm³/mol. The number of carbonyl (C=O) groups is 1. The molecule has 0 aliphatic heterocycles. The van der Waals surface area contributed by atoms with Crippen molar-refractivity contribution < 1.29 is 4.79 Å². The van der Waals surface area contributed by atoms with Crippen LogP contribution in [0.5, 0.6) is 0 Å². The number of hydrogen-bond donors (Lipinski definition) is 3. The summed E-state index contributed by atoms with van der Waals surface area (Å²) in [7, 11) is 0. The molecule has 4 unspecified atom stereocenters. The van der Waals surface area contributed by atoms with Crippen molar-refractivity contribution in [2.45, 2.75) is 52.6 Å². The molecule has 1 aromatic rings. The fourth-order valence-electron chi connectivity index (χ4n) is 3.05. The van der Waals surface area contributed by atoms with E-state index in [2.05, 4.69) is 46.7 Å². The van der Waals surface area contributed by atoms with Gasteiger partial charge < -0.3 is 11.1 Å². The van der Waals surface area contributed by atoms with Gasteiger partial charge in [0.05, 0.1) is 6.04 Å². The van der Waals surface area contributed by atoms with Gasteiger partial charge in [-0.15, -0.1) is 10.2 Å². The lowest BCUT2D eigenvalue weighted by Crippen LogP contribution is -2.51. The van der Waals surface area contributed by atoms with Crippen molar-refractivity contribution in [3.05, 3.63) is 5.82 Å². The summed E-state index contributed by atoms with van der Waals surface area (Å²) < 4.78 is 0. The fraction of sp³-hybridized carbons (Fsp3) is 0.846. The number of nitrogens with zero attached hydrogens (tertiary/aromatic N) is 3. The number of nitrogens with one attached hydrogen (secondary N) is 2. The maximum absolute atomic E-state index is 12.5. The first-order valence-corrected chi connectivity index (χ1v) is 7.13. The molecule has 4 N–H and O–H groups in total. The smallest absolute Gasteiger partial charge is 0.224 e. The van der Waals surface area contributed by atoms with E-state index in [-0.39, 0.29) is 29.3 Å². The van der Waals surface area contributed by atoms with Crippen LogP contribution in [0.2, 0.25) is 0 Å². The van der Waals surface area contributed by atoms with Crippen LogP contribution in [0.1, 0.15) is 52.4 Å². The SMILES string of the molecule is CC(NC(=O)C1CCC(N)C(C)C1(C)C)c1nn[nH]n1. The average molecular weight is 280 g/mol. The Bertz CT molecular complexity index is 457. The molecule has 1 aliphatic rings. The lowest BCUT2D eigenvalue weighted by atomic mass is 9.61. The molecule has 0 saturated heterocycles. The van der Waals surface area contributed by atoms with Gasteiger partial charge in [-0.2, -0.15) is 5.21 Å². The molecular formula is C13H24N6O. The van der Waals surface area contributed by atoms with E-state index >= 15 is 0 Å². The standard InChI is InChI=1S/C13H24N6O/c1-7-10(14)6-5-9(13(7,3)4)12(20)15-8(2)11-16-18-19-17-11/h7-10H,5-6,14H2,1-4H3,(H,15,20)(H,16,17,18,19). The first-order valence-electron chi connectivity index (χ1n) is 7.13. The van der Waals surface area contributed by atoms with E-state index in [9.17, 15) is 4.79 Å². The molecule has 1 aliphatic carbocycles. The second-order valence-electron chi connectivity index (χ2n) is 6.40. The number of aromatic nitrogens is 4. The van der Waals surface area contributed by atoms with Crippen LogP contribution < -0.4 is 11.1 Å². The summed E-state index contributed by atoms with van der Waals surface area (Å²) in [6.07, 6.45) is 1.71. The highest BCUT2D eigenvalue weighted by Gasteiger charge is 2.45. The van der Waals surface area contributed by atoms with Gasteiger partial charge in [0.1, 0.15) is 0 Å². The molecule has 0 radical (unpaired) electrons. The molecule has 1 aromatic heterocycles. The van der Waals surface area contributed by atoms with E-state index in [1.165, 1.54) is 0 Å². The molecular weight excluding hydrogens is 256 g/mol. The minimum absolute atomic E-state index is 0.0355. The molecule has 7 heteroatoms. The van der Waals surface area contributed by atoms with Crippen molar-refractivity contribution in [1.29, 1.82) is 0 Å². The van der Waals surface area contributed by atoms with E-state index < -0.39 is 0 Å². The minimum Gasteiger partial charge on any atom is -0.346 e. The van der Waals surface area contributed by atoms with Gasteiger partial charge in [-0.1, -0.05) is 26.0 Å². The summed E-state index contributed by atoms with van der Waals surface area (Å²) in [5.41, 5.74) is 6.02. The summed E-state index contributed by atoms with van der Waals surface area (Å²) >= 11 is 0. The molecule has 1 fully saturated rings. The van der Waals surface area contributed by atoms with Gasteiger partial charge in [0.2, 0.25) is 5.91 Å². The Morgan fingerprint density at radius 3 is 2.80 bits per heavy atom. The second kappa shape index (κ2) is 5.47. The summed E-state index contributed by atoms with van der Waals surface area (Å²) in [4.78, 5) is 12.5. The predicted octanol–water partition coefficient (Wildman–Crippen LogP) is 0.777. The Balaban J connectivity index is 2.05. The number of nitrogens with two attached hydrogens (primary N) is 1. The summed E-state index contributed by atoms with van der Waals surface area (Å²) in [5.74, 6) is 0.821. The van der Waals surface area contributed by atoms with Crippen molar-refractivity contribution in [2.75, 3.05) is 0 Å². The molecule has 112 valence electrons. The van der Waals surface area contributed by atoms with E-state index in [0.29, 0.717) is 11.7 Å². The minimum atomic E-state index is -0.247. The first kappa shape index (κ1) is 14.9. The molecule has 1 saturated carbocycles. The zero-order valence-corrected chi connectivity index (χ0v) is 12.6. The largest absolute Gasteiger partial charge is 0.346 e. The number of rotatable bonds is 3. The molecule has 2 rings (SSSR count). The summed E-state index contributed by atoms with van der Waals surface area (Å²) in [5, 5.41) is 16.7. The third kappa shape index (κ3) is 2.67. The monoisotopic (exact) mass is 280 g/mol. The number of aromatic amines is 1. The number of hydrogen-bond acceptors (Lipinski definition) is 5. The highest BCUT2D eigenvalue weighted by molar-refractivity contribution is 5.80. The molecule has 20 heavy (non-hydrogen) atoms. The van der Waals surface area contributed by atoms with Gasteiger partial charge in [0.15, 0.2) is 5.82 Å². The zero-order valence-electron chi connectivity index (χ0n) is 12.6. The van der Waals surface area contributed by atoms with Crippen LogP contribution in [0.25, 0.3) is 0 Å². The number of carbonyl (C=O) groups excluding carboxylic acids is 1. The van der Waals surface area contributed by atoms with E-state index in [4.69, 9.17) is 5.73 Å². The van der Waals surface area contributed by atoms with Crippen molar-refractivity contribution in [2.24, 2.45) is 23.0 Å². The number of H-pyrrole nitrogens is 1. The third-order valence-corrected chi connectivity index (χ3v) is 4.93. The van der Waals surface area contributed by atoms with Crippen molar-refractivity contribution in [3.63, 3.8) is 0 Å². The molecule has 0 spiro atoms. The van der Waals surface area contributed by atoms with Crippen LogP contribution in [-0.2, 0) is 4.79 Å². The van der Waals surface area contributed by atoms with Crippen molar-refractivity contribution in [3.8, 4) is 0 Å². The van der Waals surface area contributed by atoms with Crippen LogP contribution in [0.15, 0.2) is 0 Å². The van der Waals surface area contributed by atoms with Crippen molar-refractivity contribution >= 4 is 5.91 Å². The highest BCUT2D eigenvalue weighted by Crippen LogP contribution is 2.44. The lowest BCUT2D eigenvalue weighted by molar-refractivity contribution is -0.133. The van der Waals surface area contributed by atoms with Crippen LogP contribution in [-0.4, -0.2) is 32.6 Å². The molecule has 7 nitrogen and oxygen atoms in total. The van der Waals surface area contributed by atoms with Crippen LogP contribution >= 0.6 is 0 Å². The Kier molecular flexibility index (Phi) is 4.08. The van der Waals surface area contributed by atoms with Gasteiger partial charge in [-0.25, -0.2) is 0 Å². The van der Waals surface area contributed by atoms with Crippen LogP contribution in [0, 0.1) is 17.3 Å². The Morgan fingerprint density at radius 2 is 2.20 bits per heavy atom. The zero-order chi connectivity index (χ0) is 14.9. The maximum Gasteiger partial charge on any atom is 0.224 e. The molecule has 1 amide bonds. The van der Waals surface area contributed by atoms with Crippen molar-refractivity contribution in [1.82, 2.24) is 25.9 Å². The first-order chi connectivity index (χ1) is 9.34. The normalized spacial score (nSPS) is 30.8. The number of amides is 1. The third-order valence-electron chi connectivity index (χ3n) is 4.93. The topological polar surface area (TPSA) is 110 Å². The van der Waals surface area contributed by atoms with Gasteiger partial charge in [-0.3, -0.25) is 4.79 Å². The maximum atomic E-state index is 12.5. The Labute approximate surface area is 119 Å². The highest BCUT2D eigenvalue weighted by atomic mass is 16.2. The Morgan fingerprint density at radius 1 is 1.50 bits per heavy atom. The number of tetrazole rings is 1. The van der Waals surface area contributed by atoms with Gasteiger partial charge in [-0.05, 0) is 31.1 Å². The molecule has 4 atom stereocenters. The van der Waals surface area contributed by atoms with E-state index in [0.717, 1.165) is 12.8 Å². The van der Waals surface area contributed by atoms with Gasteiger partial charge in [0, 0.05) is 12.0 Å². The molecule has 0 bridgehead atoms. The summed E-state index contributed by atoms with van der Waals surface area (Å²) in [6.45, 7) is 8.24. The molecule has 1 heterocycles. The Hall–Kier alpha value is -1.50. The summed E-state index contributed by atoms with van der Waals surface area (Å²) in [6, 6.07) is -0.0772. The van der Waals surface area contributed by atoms with E-state index in [1.54, 1.807) is 0 Å². The van der Waals surface area contributed by atoms with Gasteiger partial charge in [0.25, 0.3) is 0 Å². The van der Waals surface area contributed by atoms with Crippen LogP contribution in [0.3, 0.4) is 0 Å². The average Bonchev–Trinajstić information content (AvgIpc) is 2.89. The fourth-order valence-corrected chi connectivity index (χ4v) is 3.05. The second-order valence-corrected chi connectivity index (χ2v) is 6.40.